The van der Waals surface area contributed by atoms with Gasteiger partial charge in [-0.05, 0) is 23.6 Å². The minimum absolute atomic E-state index is 0.000535. The molecule has 3 rings (SSSR count). The molecule has 0 spiro atoms. The summed E-state index contributed by atoms with van der Waals surface area (Å²) in [6.07, 6.45) is 0.828. The number of aromatic nitrogens is 2. The number of nitrogens with one attached hydrogen (secondary N) is 1. The molecular formula is C21H21FN4O4. The quantitative estimate of drug-likeness (QED) is 0.438. The second kappa shape index (κ2) is 9.25. The van der Waals surface area contributed by atoms with Crippen LogP contribution in [0.25, 0.3) is 11.4 Å². The molecular weight excluding hydrogens is 391 g/mol. The van der Waals surface area contributed by atoms with Gasteiger partial charge in [0.2, 0.25) is 17.6 Å². The minimum atomic E-state index is -0.525. The van der Waals surface area contributed by atoms with Crippen molar-refractivity contribution in [2.75, 3.05) is 0 Å². The SMILES string of the molecule is CC[C@H](C)[C@@H](NC(=O)Cc1ccc(F)cc1)c1nc(-c2cccc([N+](=O)[O-])c2)no1. The fourth-order valence-electron chi connectivity index (χ4n) is 2.93. The summed E-state index contributed by atoms with van der Waals surface area (Å²) in [5, 5.41) is 17.8. The average Bonchev–Trinajstić information content (AvgIpc) is 3.23. The van der Waals surface area contributed by atoms with Gasteiger partial charge in [-0.3, -0.25) is 14.9 Å². The first-order valence-electron chi connectivity index (χ1n) is 9.49. The van der Waals surface area contributed by atoms with Crippen molar-refractivity contribution in [3.05, 3.63) is 75.9 Å². The molecule has 8 nitrogen and oxygen atoms in total. The Hall–Kier alpha value is -3.62. The van der Waals surface area contributed by atoms with Crippen LogP contribution in [0.5, 0.6) is 0 Å². The molecule has 0 unspecified atom stereocenters. The van der Waals surface area contributed by atoms with E-state index in [0.717, 1.165) is 6.42 Å². The highest BCUT2D eigenvalue weighted by Crippen LogP contribution is 2.27. The topological polar surface area (TPSA) is 111 Å². The van der Waals surface area contributed by atoms with Crippen molar-refractivity contribution in [3.63, 3.8) is 0 Å². The molecule has 2 atom stereocenters. The summed E-state index contributed by atoms with van der Waals surface area (Å²) in [4.78, 5) is 27.4. The van der Waals surface area contributed by atoms with Gasteiger partial charge in [0.05, 0.1) is 11.3 Å². The van der Waals surface area contributed by atoms with E-state index in [-0.39, 0.29) is 41.5 Å². The number of hydrogen-bond acceptors (Lipinski definition) is 6. The van der Waals surface area contributed by atoms with Gasteiger partial charge in [-0.1, -0.05) is 49.7 Å². The molecule has 1 N–H and O–H groups in total. The molecule has 9 heteroatoms. The van der Waals surface area contributed by atoms with Crippen molar-refractivity contribution in [1.29, 1.82) is 0 Å². The number of nitrogens with zero attached hydrogens (tertiary/aromatic N) is 3. The first-order valence-corrected chi connectivity index (χ1v) is 9.49. The van der Waals surface area contributed by atoms with Gasteiger partial charge < -0.3 is 9.84 Å². The summed E-state index contributed by atoms with van der Waals surface area (Å²) in [5.74, 6) is -0.202. The highest BCUT2D eigenvalue weighted by atomic mass is 19.1. The lowest BCUT2D eigenvalue weighted by molar-refractivity contribution is -0.384. The second-order valence-corrected chi connectivity index (χ2v) is 7.00. The number of non-ortho nitro benzene ring substituents is 1. The highest BCUT2D eigenvalue weighted by Gasteiger charge is 2.26. The van der Waals surface area contributed by atoms with Crippen LogP contribution in [0.2, 0.25) is 0 Å². The standard InChI is InChI=1S/C21H21FN4O4/c1-3-13(2)19(23-18(27)11-14-7-9-16(22)10-8-14)21-24-20(25-30-21)15-5-4-6-17(12-15)26(28)29/h4-10,12-13,19H,3,11H2,1-2H3,(H,23,27)/t13-,19+/m0/s1. The molecule has 0 aliphatic heterocycles. The van der Waals surface area contributed by atoms with Crippen LogP contribution in [0, 0.1) is 21.8 Å². The van der Waals surface area contributed by atoms with Crippen LogP contribution in [0.1, 0.15) is 37.8 Å². The lowest BCUT2D eigenvalue weighted by Crippen LogP contribution is -2.33. The van der Waals surface area contributed by atoms with Crippen molar-refractivity contribution in [2.45, 2.75) is 32.7 Å². The Kier molecular flexibility index (Phi) is 6.51. The molecule has 0 aliphatic carbocycles. The summed E-state index contributed by atoms with van der Waals surface area (Å²) in [6, 6.07) is 11.1. The minimum Gasteiger partial charge on any atom is -0.344 e. The van der Waals surface area contributed by atoms with E-state index in [1.165, 1.54) is 24.3 Å². The molecule has 0 saturated heterocycles. The fraction of sp³-hybridized carbons (Fsp3) is 0.286. The first-order chi connectivity index (χ1) is 14.4. The summed E-state index contributed by atoms with van der Waals surface area (Å²) in [5.41, 5.74) is 1.05. The normalized spacial score (nSPS) is 12.9. The summed E-state index contributed by atoms with van der Waals surface area (Å²) in [7, 11) is 0. The lowest BCUT2D eigenvalue weighted by atomic mass is 9.98. The Morgan fingerprint density at radius 1 is 1.27 bits per heavy atom. The maximum Gasteiger partial charge on any atom is 0.270 e. The number of benzene rings is 2. The maximum absolute atomic E-state index is 13.1. The van der Waals surface area contributed by atoms with Crippen LogP contribution in [0.15, 0.2) is 53.1 Å². The van der Waals surface area contributed by atoms with Crippen LogP contribution in [0.3, 0.4) is 0 Å². The Balaban J connectivity index is 1.79. The molecule has 0 radical (unpaired) electrons. The van der Waals surface area contributed by atoms with E-state index >= 15 is 0 Å². The summed E-state index contributed by atoms with van der Waals surface area (Å²) < 4.78 is 18.4. The average molecular weight is 412 g/mol. The Bertz CT molecular complexity index is 1040. The van der Waals surface area contributed by atoms with E-state index in [1.54, 1.807) is 24.3 Å². The van der Waals surface area contributed by atoms with Crippen molar-refractivity contribution in [3.8, 4) is 11.4 Å². The van der Waals surface area contributed by atoms with Crippen molar-refractivity contribution < 1.29 is 18.6 Å². The molecule has 156 valence electrons. The van der Waals surface area contributed by atoms with Gasteiger partial charge >= 0.3 is 0 Å². The number of hydrogen-bond donors (Lipinski definition) is 1. The largest absolute Gasteiger partial charge is 0.344 e. The zero-order valence-electron chi connectivity index (χ0n) is 16.5. The summed E-state index contributed by atoms with van der Waals surface area (Å²) in [6.45, 7) is 3.92. The van der Waals surface area contributed by atoms with Gasteiger partial charge in [-0.15, -0.1) is 0 Å². The number of nitro benzene ring substituents is 1. The maximum atomic E-state index is 13.1. The molecule has 0 bridgehead atoms. The van der Waals surface area contributed by atoms with E-state index in [4.69, 9.17) is 4.52 Å². The van der Waals surface area contributed by atoms with Gasteiger partial charge in [0, 0.05) is 17.7 Å². The van der Waals surface area contributed by atoms with Crippen LogP contribution >= 0.6 is 0 Å². The number of halogens is 1. The molecule has 3 aromatic rings. The van der Waals surface area contributed by atoms with Crippen molar-refractivity contribution in [2.24, 2.45) is 5.92 Å². The zero-order chi connectivity index (χ0) is 21.7. The van der Waals surface area contributed by atoms with Gasteiger partial charge in [0.15, 0.2) is 0 Å². The molecule has 0 fully saturated rings. The van der Waals surface area contributed by atoms with Crippen LogP contribution in [-0.4, -0.2) is 21.0 Å². The molecule has 1 heterocycles. The van der Waals surface area contributed by atoms with Crippen LogP contribution < -0.4 is 5.32 Å². The molecule has 30 heavy (non-hydrogen) atoms. The predicted octanol–water partition coefficient (Wildman–Crippen LogP) is 4.23. The van der Waals surface area contributed by atoms with E-state index in [1.807, 2.05) is 13.8 Å². The molecule has 0 saturated carbocycles. The number of amides is 1. The third kappa shape index (κ3) is 5.05. The zero-order valence-corrected chi connectivity index (χ0v) is 16.5. The molecule has 1 amide bonds. The monoisotopic (exact) mass is 412 g/mol. The molecule has 0 aliphatic rings. The Labute approximate surface area is 172 Å². The van der Waals surface area contributed by atoms with Crippen molar-refractivity contribution in [1.82, 2.24) is 15.5 Å². The third-order valence-corrected chi connectivity index (χ3v) is 4.83. The number of nitro groups is 1. The molecule has 1 aromatic heterocycles. The van der Waals surface area contributed by atoms with Crippen molar-refractivity contribution >= 4 is 11.6 Å². The van der Waals surface area contributed by atoms with E-state index < -0.39 is 11.0 Å². The lowest BCUT2D eigenvalue weighted by Gasteiger charge is -2.20. The highest BCUT2D eigenvalue weighted by molar-refractivity contribution is 5.79. The summed E-state index contributed by atoms with van der Waals surface area (Å²) >= 11 is 0. The van der Waals surface area contributed by atoms with Gasteiger partial charge in [0.1, 0.15) is 11.9 Å². The predicted molar refractivity (Wildman–Crippen MR) is 107 cm³/mol. The van der Waals surface area contributed by atoms with Crippen LogP contribution in [-0.2, 0) is 11.2 Å². The number of carbonyl (C=O) groups excluding carboxylic acids is 1. The number of rotatable bonds is 8. The second-order valence-electron chi connectivity index (χ2n) is 7.00. The Morgan fingerprint density at radius 3 is 2.67 bits per heavy atom. The number of carbonyl (C=O) groups is 1. The fourth-order valence-corrected chi connectivity index (χ4v) is 2.93. The van der Waals surface area contributed by atoms with Gasteiger partial charge in [-0.2, -0.15) is 4.98 Å². The first kappa shape index (κ1) is 21.1. The Morgan fingerprint density at radius 2 is 2.00 bits per heavy atom. The van der Waals surface area contributed by atoms with Crippen LogP contribution in [0.4, 0.5) is 10.1 Å². The molecule has 2 aromatic carbocycles. The van der Waals surface area contributed by atoms with E-state index in [2.05, 4.69) is 15.5 Å². The van der Waals surface area contributed by atoms with Gasteiger partial charge in [0.25, 0.3) is 5.69 Å². The smallest absolute Gasteiger partial charge is 0.270 e. The van der Waals surface area contributed by atoms with E-state index in [9.17, 15) is 19.3 Å². The van der Waals surface area contributed by atoms with Gasteiger partial charge in [-0.25, -0.2) is 4.39 Å². The van der Waals surface area contributed by atoms with E-state index in [0.29, 0.717) is 11.1 Å². The third-order valence-electron chi connectivity index (χ3n) is 4.83.